The minimum atomic E-state index is -0.452. The number of piperidine rings is 1. The number of fused-ring (bicyclic) bond motifs is 2. The zero-order valence-electron chi connectivity index (χ0n) is 19.4. The summed E-state index contributed by atoms with van der Waals surface area (Å²) in [7, 11) is 1.64. The van der Waals surface area contributed by atoms with Crippen LogP contribution in [0.5, 0.6) is 0 Å². The van der Waals surface area contributed by atoms with Gasteiger partial charge >= 0.3 is 5.69 Å². The first-order chi connectivity index (χ1) is 16.5. The molecule has 0 spiro atoms. The van der Waals surface area contributed by atoms with Gasteiger partial charge < -0.3 is 15.2 Å². The third kappa shape index (κ3) is 3.79. The second-order valence-corrected chi connectivity index (χ2v) is 8.69. The van der Waals surface area contributed by atoms with Crippen LogP contribution in [-0.2, 0) is 20.1 Å². The van der Waals surface area contributed by atoms with Crippen molar-refractivity contribution in [2.45, 2.75) is 38.9 Å². The van der Waals surface area contributed by atoms with E-state index in [4.69, 9.17) is 10.7 Å². The maximum atomic E-state index is 13.7. The highest BCUT2D eigenvalue weighted by atomic mass is 16.2. The summed E-state index contributed by atoms with van der Waals surface area (Å²) in [6, 6.07) is 7.66. The Morgan fingerprint density at radius 1 is 1.18 bits per heavy atom. The van der Waals surface area contributed by atoms with Crippen LogP contribution in [0.2, 0.25) is 0 Å². The number of imidazole rings is 1. The van der Waals surface area contributed by atoms with Gasteiger partial charge in [-0.3, -0.25) is 13.9 Å². The molecular formula is C24H28N8O2. The highest BCUT2D eigenvalue weighted by molar-refractivity contribution is 5.77. The molecule has 0 unspecified atom stereocenters. The molecule has 3 aromatic heterocycles. The van der Waals surface area contributed by atoms with Crippen LogP contribution in [0.1, 0.15) is 25.6 Å². The van der Waals surface area contributed by atoms with Gasteiger partial charge in [-0.15, -0.1) is 0 Å². The molecule has 0 bridgehead atoms. The van der Waals surface area contributed by atoms with Crippen LogP contribution in [0.15, 0.2) is 52.2 Å². The van der Waals surface area contributed by atoms with Gasteiger partial charge in [-0.1, -0.05) is 30.4 Å². The van der Waals surface area contributed by atoms with Gasteiger partial charge in [0.2, 0.25) is 5.95 Å². The second-order valence-electron chi connectivity index (χ2n) is 8.69. The number of benzene rings is 1. The lowest BCUT2D eigenvalue weighted by molar-refractivity contribution is 0.495. The Morgan fingerprint density at radius 3 is 2.79 bits per heavy atom. The molecule has 1 aliphatic rings. The summed E-state index contributed by atoms with van der Waals surface area (Å²) in [6.45, 7) is 3.84. The van der Waals surface area contributed by atoms with Crippen LogP contribution in [0.4, 0.5) is 5.95 Å². The molecular weight excluding hydrogens is 432 g/mol. The van der Waals surface area contributed by atoms with Crippen molar-refractivity contribution >= 4 is 28.0 Å². The molecule has 176 valence electrons. The van der Waals surface area contributed by atoms with E-state index in [1.165, 1.54) is 9.13 Å². The van der Waals surface area contributed by atoms with Crippen LogP contribution in [0.25, 0.3) is 22.1 Å². The summed E-state index contributed by atoms with van der Waals surface area (Å²) in [5, 5.41) is 0.899. The number of anilines is 1. The van der Waals surface area contributed by atoms with E-state index in [0.717, 1.165) is 30.3 Å². The Hall–Kier alpha value is -3.79. The molecule has 0 amide bonds. The molecule has 0 radical (unpaired) electrons. The van der Waals surface area contributed by atoms with E-state index in [0.29, 0.717) is 36.0 Å². The van der Waals surface area contributed by atoms with E-state index in [1.54, 1.807) is 13.2 Å². The highest BCUT2D eigenvalue weighted by Crippen LogP contribution is 2.23. The van der Waals surface area contributed by atoms with Crippen LogP contribution >= 0.6 is 0 Å². The summed E-state index contributed by atoms with van der Waals surface area (Å²) in [4.78, 5) is 42.7. The maximum Gasteiger partial charge on any atom is 0.332 e. The van der Waals surface area contributed by atoms with Crippen molar-refractivity contribution in [2.24, 2.45) is 12.8 Å². The average Bonchev–Trinajstić information content (AvgIpc) is 3.23. The largest absolute Gasteiger partial charge is 0.341 e. The van der Waals surface area contributed by atoms with E-state index in [1.807, 2.05) is 47.9 Å². The first kappa shape index (κ1) is 22.0. The third-order valence-corrected chi connectivity index (χ3v) is 6.32. The fraction of sp³-hybridized carbons (Fsp3) is 0.375. The number of para-hydroxylation sites is 1. The van der Waals surface area contributed by atoms with Crippen molar-refractivity contribution in [3.63, 3.8) is 0 Å². The Kier molecular flexibility index (Phi) is 5.74. The third-order valence-electron chi connectivity index (χ3n) is 6.32. The van der Waals surface area contributed by atoms with E-state index in [-0.39, 0.29) is 12.6 Å². The van der Waals surface area contributed by atoms with Crippen molar-refractivity contribution in [1.29, 1.82) is 0 Å². The Balaban J connectivity index is 1.67. The molecule has 34 heavy (non-hydrogen) atoms. The molecule has 4 aromatic rings. The van der Waals surface area contributed by atoms with Gasteiger partial charge in [-0.05, 0) is 25.8 Å². The van der Waals surface area contributed by atoms with Gasteiger partial charge in [0, 0.05) is 44.3 Å². The number of nitrogens with two attached hydrogens (primary N) is 1. The summed E-state index contributed by atoms with van der Waals surface area (Å²) < 4.78 is 4.50. The van der Waals surface area contributed by atoms with Crippen LogP contribution in [-0.4, -0.2) is 47.8 Å². The zero-order chi connectivity index (χ0) is 23.8. The Morgan fingerprint density at radius 2 is 2.00 bits per heavy atom. The number of aromatic nitrogens is 6. The monoisotopic (exact) mass is 460 g/mol. The molecule has 0 saturated carbocycles. The molecule has 10 nitrogen and oxygen atoms in total. The van der Waals surface area contributed by atoms with Gasteiger partial charge in [-0.2, -0.15) is 4.98 Å². The second kappa shape index (κ2) is 8.86. The quantitative estimate of drug-likeness (QED) is 0.447. The topological polar surface area (TPSA) is 117 Å². The van der Waals surface area contributed by atoms with Gasteiger partial charge in [0.15, 0.2) is 11.2 Å². The standard InChI is InChI=1S/C24H28N8O2/c1-3-4-12-31-20-21(28-23(31)30-11-7-9-17(25)14-30)29(2)24(34)32(22(20)33)15-19-26-13-16-8-5-6-10-18(16)27-19/h3-6,8,10,13,17H,7,9,11-12,14-15,25H2,1-2H3/t17-/m0/s1. The average molecular weight is 461 g/mol. The van der Waals surface area contributed by atoms with Crippen LogP contribution < -0.4 is 21.9 Å². The lowest BCUT2D eigenvalue weighted by Crippen LogP contribution is -2.44. The van der Waals surface area contributed by atoms with Gasteiger partial charge in [0.1, 0.15) is 5.82 Å². The molecule has 10 heteroatoms. The number of aryl methyl sites for hydroxylation is 1. The highest BCUT2D eigenvalue weighted by Gasteiger charge is 2.26. The summed E-state index contributed by atoms with van der Waals surface area (Å²) in [5.41, 5.74) is 6.87. The first-order valence-corrected chi connectivity index (χ1v) is 11.5. The summed E-state index contributed by atoms with van der Waals surface area (Å²) >= 11 is 0. The molecule has 1 fully saturated rings. The molecule has 1 atom stereocenters. The van der Waals surface area contributed by atoms with Crippen molar-refractivity contribution in [2.75, 3.05) is 18.0 Å². The smallest absolute Gasteiger partial charge is 0.332 e. The normalized spacial score (nSPS) is 16.8. The predicted octanol–water partition coefficient (Wildman–Crippen LogP) is 1.39. The molecule has 0 aliphatic carbocycles. The summed E-state index contributed by atoms with van der Waals surface area (Å²) in [5.74, 6) is 1.06. The Bertz CT molecular complexity index is 1510. The van der Waals surface area contributed by atoms with Crippen molar-refractivity contribution in [3.8, 4) is 0 Å². The molecule has 5 rings (SSSR count). The van der Waals surface area contributed by atoms with E-state index < -0.39 is 11.2 Å². The van der Waals surface area contributed by atoms with E-state index >= 15 is 0 Å². The molecule has 1 aromatic carbocycles. The molecule has 1 aliphatic heterocycles. The molecule has 2 N–H and O–H groups in total. The first-order valence-electron chi connectivity index (χ1n) is 11.5. The number of hydrogen-bond donors (Lipinski definition) is 1. The number of allylic oxidation sites excluding steroid dienone is 2. The van der Waals surface area contributed by atoms with Crippen LogP contribution in [0.3, 0.4) is 0 Å². The predicted molar refractivity (Wildman–Crippen MR) is 132 cm³/mol. The summed E-state index contributed by atoms with van der Waals surface area (Å²) in [6.07, 6.45) is 7.52. The van der Waals surface area contributed by atoms with E-state index in [2.05, 4.69) is 14.9 Å². The van der Waals surface area contributed by atoms with Gasteiger partial charge in [-0.25, -0.2) is 14.8 Å². The lowest BCUT2D eigenvalue weighted by Gasteiger charge is -2.31. The molecule has 4 heterocycles. The number of nitrogens with zero attached hydrogens (tertiary/aromatic N) is 7. The Labute approximate surface area is 196 Å². The molecule has 1 saturated heterocycles. The maximum absolute atomic E-state index is 13.7. The SMILES string of the molecule is CC=CCn1c(N2CCC[C@H](N)C2)nc2c1c(=O)n(Cc1ncc3ccccc3n1)c(=O)n2C. The number of hydrogen-bond acceptors (Lipinski definition) is 7. The fourth-order valence-electron chi connectivity index (χ4n) is 4.54. The van der Waals surface area contributed by atoms with Gasteiger partial charge in [0.05, 0.1) is 12.1 Å². The minimum absolute atomic E-state index is 0.0228. The fourth-order valence-corrected chi connectivity index (χ4v) is 4.54. The van der Waals surface area contributed by atoms with Crippen molar-refractivity contribution in [1.82, 2.24) is 28.7 Å². The van der Waals surface area contributed by atoms with Crippen molar-refractivity contribution in [3.05, 3.63) is 69.3 Å². The number of rotatable bonds is 5. The van der Waals surface area contributed by atoms with E-state index in [9.17, 15) is 9.59 Å². The van der Waals surface area contributed by atoms with Crippen molar-refractivity contribution < 1.29 is 0 Å². The zero-order valence-corrected chi connectivity index (χ0v) is 19.4. The van der Waals surface area contributed by atoms with Gasteiger partial charge in [0.25, 0.3) is 5.56 Å². The minimum Gasteiger partial charge on any atom is -0.341 e. The lowest BCUT2D eigenvalue weighted by atomic mass is 10.1. The van der Waals surface area contributed by atoms with Crippen LogP contribution in [0, 0.1) is 0 Å².